The number of carbonyl (C=O) groups excluding carboxylic acids is 1. The van der Waals surface area contributed by atoms with Crippen molar-refractivity contribution in [2.75, 3.05) is 25.0 Å². The summed E-state index contributed by atoms with van der Waals surface area (Å²) in [4.78, 5) is 22.3. The van der Waals surface area contributed by atoms with Gasteiger partial charge in [-0.1, -0.05) is 0 Å². The molecule has 0 bridgehead atoms. The van der Waals surface area contributed by atoms with Crippen LogP contribution in [-0.2, 0) is 9.53 Å². The quantitative estimate of drug-likeness (QED) is 0.670. The fourth-order valence-corrected chi connectivity index (χ4v) is 1.75. The van der Waals surface area contributed by atoms with Gasteiger partial charge < -0.3 is 15.4 Å². The maximum Gasteiger partial charge on any atom is 0.264 e. The molecule has 1 saturated heterocycles. The zero-order valence-corrected chi connectivity index (χ0v) is 9.94. The average molecular weight is 252 g/mol. The summed E-state index contributed by atoms with van der Waals surface area (Å²) >= 11 is 0. The molecular weight excluding hydrogens is 236 g/mol. The highest BCUT2D eigenvalue weighted by Gasteiger charge is 2.14. The van der Waals surface area contributed by atoms with Crippen LogP contribution in [0.5, 0.6) is 0 Å². The summed E-state index contributed by atoms with van der Waals surface area (Å²) in [5.41, 5.74) is -0.307. The van der Waals surface area contributed by atoms with Crippen molar-refractivity contribution in [3.05, 3.63) is 22.5 Å². The maximum atomic E-state index is 11.6. The van der Waals surface area contributed by atoms with E-state index in [1.165, 1.54) is 12.1 Å². The monoisotopic (exact) mass is 252 g/mol. The van der Waals surface area contributed by atoms with Gasteiger partial charge in [-0.3, -0.25) is 9.59 Å². The van der Waals surface area contributed by atoms with Crippen LogP contribution in [0.4, 0.5) is 5.82 Å². The third-order valence-electron chi connectivity index (χ3n) is 2.68. The zero-order chi connectivity index (χ0) is 12.8. The van der Waals surface area contributed by atoms with E-state index in [-0.39, 0.29) is 24.2 Å². The normalized spacial score (nSPS) is 16.4. The Hall–Kier alpha value is -1.73. The van der Waals surface area contributed by atoms with Gasteiger partial charge in [-0.15, -0.1) is 0 Å². The molecule has 0 aliphatic carbocycles. The molecule has 0 saturated carbocycles. The summed E-state index contributed by atoms with van der Waals surface area (Å²) in [6.45, 7) is 1.85. The second-order valence-electron chi connectivity index (χ2n) is 4.11. The van der Waals surface area contributed by atoms with Crippen molar-refractivity contribution in [2.45, 2.75) is 18.9 Å². The number of carbonyl (C=O) groups is 1. The molecule has 0 radical (unpaired) electrons. The molecule has 0 aromatic carbocycles. The lowest BCUT2D eigenvalue weighted by Crippen LogP contribution is -2.34. The van der Waals surface area contributed by atoms with Gasteiger partial charge in [-0.05, 0) is 32.0 Å². The summed E-state index contributed by atoms with van der Waals surface area (Å²) in [5, 5.41) is 11.7. The van der Waals surface area contributed by atoms with Crippen molar-refractivity contribution >= 4 is 11.7 Å². The van der Waals surface area contributed by atoms with Crippen molar-refractivity contribution in [1.29, 1.82) is 0 Å². The van der Waals surface area contributed by atoms with Crippen LogP contribution in [-0.4, -0.2) is 41.9 Å². The molecule has 1 amide bonds. The number of amides is 1. The number of piperidine rings is 1. The lowest BCUT2D eigenvalue weighted by molar-refractivity contribution is -0.123. The van der Waals surface area contributed by atoms with Crippen molar-refractivity contribution in [3.8, 4) is 0 Å². The minimum absolute atomic E-state index is 0.00543. The first-order valence-electron chi connectivity index (χ1n) is 5.92. The number of aromatic nitrogens is 2. The number of aromatic amines is 1. The van der Waals surface area contributed by atoms with Crippen LogP contribution >= 0.6 is 0 Å². The van der Waals surface area contributed by atoms with Gasteiger partial charge in [0.2, 0.25) is 0 Å². The number of hydrogen-bond donors (Lipinski definition) is 3. The van der Waals surface area contributed by atoms with Crippen molar-refractivity contribution in [1.82, 2.24) is 15.5 Å². The van der Waals surface area contributed by atoms with Gasteiger partial charge in [-0.2, -0.15) is 5.10 Å². The molecule has 3 N–H and O–H groups in total. The molecule has 1 aliphatic heterocycles. The Bertz CT molecular complexity index is 433. The Labute approximate surface area is 104 Å². The van der Waals surface area contributed by atoms with Crippen LogP contribution in [0.25, 0.3) is 0 Å². The molecule has 98 valence electrons. The molecule has 1 aliphatic rings. The largest absolute Gasteiger partial charge is 0.368 e. The van der Waals surface area contributed by atoms with E-state index < -0.39 is 0 Å². The molecule has 1 aromatic heterocycles. The molecule has 0 spiro atoms. The summed E-state index contributed by atoms with van der Waals surface area (Å²) < 4.78 is 5.49. The number of ether oxygens (including phenoxy) is 1. The topological polar surface area (TPSA) is 96.1 Å². The van der Waals surface area contributed by atoms with Gasteiger partial charge >= 0.3 is 0 Å². The molecule has 2 rings (SSSR count). The van der Waals surface area contributed by atoms with Gasteiger partial charge in [-0.25, -0.2) is 5.10 Å². The fourth-order valence-electron chi connectivity index (χ4n) is 1.75. The van der Waals surface area contributed by atoms with Gasteiger partial charge in [0, 0.05) is 6.07 Å². The summed E-state index contributed by atoms with van der Waals surface area (Å²) in [6, 6.07) is 2.75. The lowest BCUT2D eigenvalue weighted by Gasteiger charge is -2.22. The van der Waals surface area contributed by atoms with Crippen LogP contribution in [0.15, 0.2) is 16.9 Å². The highest BCUT2D eigenvalue weighted by atomic mass is 16.5. The smallest absolute Gasteiger partial charge is 0.264 e. The number of nitrogens with zero attached hydrogens (tertiary/aromatic N) is 1. The fraction of sp³-hybridized carbons (Fsp3) is 0.545. The number of H-pyrrole nitrogens is 1. The molecule has 7 nitrogen and oxygen atoms in total. The molecule has 2 heterocycles. The van der Waals surface area contributed by atoms with E-state index in [0.29, 0.717) is 5.82 Å². The SMILES string of the molecule is O=C(COC1CCNCC1)Nc1ccc(=O)[nH]n1. The Morgan fingerprint density at radius 1 is 1.44 bits per heavy atom. The van der Waals surface area contributed by atoms with E-state index in [0.717, 1.165) is 25.9 Å². The molecule has 18 heavy (non-hydrogen) atoms. The zero-order valence-electron chi connectivity index (χ0n) is 9.94. The predicted octanol–water partition coefficient (Wildman–Crippen LogP) is -0.523. The first kappa shape index (κ1) is 12.7. The molecule has 1 fully saturated rings. The number of nitrogens with one attached hydrogen (secondary N) is 3. The van der Waals surface area contributed by atoms with Crippen molar-refractivity contribution < 1.29 is 9.53 Å². The summed E-state index contributed by atoms with van der Waals surface area (Å²) in [5.74, 6) is 0.0431. The Kier molecular flexibility index (Phi) is 4.43. The van der Waals surface area contributed by atoms with Crippen molar-refractivity contribution in [2.24, 2.45) is 0 Å². The van der Waals surface area contributed by atoms with Crippen LogP contribution in [0.1, 0.15) is 12.8 Å². The van der Waals surface area contributed by atoms with Gasteiger partial charge in [0.15, 0.2) is 5.82 Å². The number of rotatable bonds is 4. The van der Waals surface area contributed by atoms with Crippen LogP contribution < -0.4 is 16.2 Å². The number of anilines is 1. The van der Waals surface area contributed by atoms with E-state index in [9.17, 15) is 9.59 Å². The van der Waals surface area contributed by atoms with E-state index in [2.05, 4.69) is 20.8 Å². The molecule has 1 aromatic rings. The first-order chi connectivity index (χ1) is 8.74. The molecular formula is C11H16N4O3. The predicted molar refractivity (Wildman–Crippen MR) is 65.3 cm³/mol. The minimum atomic E-state index is -0.307. The first-order valence-corrected chi connectivity index (χ1v) is 5.92. The van der Waals surface area contributed by atoms with E-state index >= 15 is 0 Å². The third kappa shape index (κ3) is 3.94. The average Bonchev–Trinajstić information content (AvgIpc) is 2.40. The highest BCUT2D eigenvalue weighted by Crippen LogP contribution is 2.07. The van der Waals surface area contributed by atoms with Gasteiger partial charge in [0.25, 0.3) is 11.5 Å². The molecule has 0 unspecified atom stereocenters. The van der Waals surface area contributed by atoms with E-state index in [4.69, 9.17) is 4.74 Å². The van der Waals surface area contributed by atoms with Gasteiger partial charge in [0.05, 0.1) is 6.10 Å². The van der Waals surface area contributed by atoms with Crippen molar-refractivity contribution in [3.63, 3.8) is 0 Å². The molecule has 7 heteroatoms. The lowest BCUT2D eigenvalue weighted by atomic mass is 10.1. The Balaban J connectivity index is 1.74. The maximum absolute atomic E-state index is 11.6. The Morgan fingerprint density at radius 3 is 2.89 bits per heavy atom. The Morgan fingerprint density at radius 2 is 2.22 bits per heavy atom. The molecule has 0 atom stereocenters. The van der Waals surface area contributed by atoms with E-state index in [1.54, 1.807) is 0 Å². The second kappa shape index (κ2) is 6.27. The minimum Gasteiger partial charge on any atom is -0.368 e. The van der Waals surface area contributed by atoms with Gasteiger partial charge in [0.1, 0.15) is 6.61 Å². The highest BCUT2D eigenvalue weighted by molar-refractivity contribution is 5.90. The van der Waals surface area contributed by atoms with E-state index in [1.807, 2.05) is 0 Å². The summed E-state index contributed by atoms with van der Waals surface area (Å²) in [7, 11) is 0. The second-order valence-corrected chi connectivity index (χ2v) is 4.11. The van der Waals surface area contributed by atoms with Crippen LogP contribution in [0, 0.1) is 0 Å². The standard InChI is InChI=1S/C11H16N4O3/c16-10-2-1-9(14-15-10)13-11(17)7-18-8-3-5-12-6-4-8/h1-2,8,12H,3-7H2,(H,15,16)(H,13,14,17). The number of hydrogen-bond acceptors (Lipinski definition) is 5. The van der Waals surface area contributed by atoms with Crippen LogP contribution in [0.3, 0.4) is 0 Å². The third-order valence-corrected chi connectivity index (χ3v) is 2.68. The summed E-state index contributed by atoms with van der Waals surface area (Å²) in [6.07, 6.45) is 1.98. The van der Waals surface area contributed by atoms with Crippen LogP contribution in [0.2, 0.25) is 0 Å².